The van der Waals surface area contributed by atoms with Crippen LogP contribution < -0.4 is 9.47 Å². The first-order valence-corrected chi connectivity index (χ1v) is 7.90. The van der Waals surface area contributed by atoms with Gasteiger partial charge in [0.05, 0.1) is 19.0 Å². The quantitative estimate of drug-likeness (QED) is 0.666. The maximum absolute atomic E-state index is 6.44. The fourth-order valence-electron chi connectivity index (χ4n) is 2.30. The van der Waals surface area contributed by atoms with E-state index < -0.39 is 0 Å². The van der Waals surface area contributed by atoms with E-state index >= 15 is 0 Å². The molecule has 0 bridgehead atoms. The van der Waals surface area contributed by atoms with E-state index in [2.05, 4.69) is 22.9 Å². The Morgan fingerprint density at radius 1 is 0.952 bits per heavy atom. The lowest BCUT2D eigenvalue weighted by atomic mass is 9.98. The lowest BCUT2D eigenvalue weighted by molar-refractivity contribution is 0.354. The van der Waals surface area contributed by atoms with Gasteiger partial charge in [-0.1, -0.05) is 45.7 Å². The van der Waals surface area contributed by atoms with Crippen molar-refractivity contribution >= 4 is 27.5 Å². The van der Waals surface area contributed by atoms with Gasteiger partial charge in [0.2, 0.25) is 0 Å². The Morgan fingerprint density at radius 2 is 1.57 bits per heavy atom. The first-order valence-electron chi connectivity index (χ1n) is 6.61. The van der Waals surface area contributed by atoms with Gasteiger partial charge < -0.3 is 9.47 Å². The van der Waals surface area contributed by atoms with Crippen molar-refractivity contribution in [1.82, 2.24) is 0 Å². The highest BCUT2D eigenvalue weighted by atomic mass is 79.9. The molecular formula is C17H18BrClO2. The Morgan fingerprint density at radius 3 is 2.19 bits per heavy atom. The third-order valence-corrected chi connectivity index (χ3v) is 5.04. The molecule has 0 saturated carbocycles. The summed E-state index contributed by atoms with van der Waals surface area (Å²) in [7, 11) is 3.28. The van der Waals surface area contributed by atoms with Gasteiger partial charge in [-0.2, -0.15) is 0 Å². The molecule has 0 saturated heterocycles. The van der Waals surface area contributed by atoms with Crippen molar-refractivity contribution in [2.75, 3.05) is 14.2 Å². The maximum atomic E-state index is 6.44. The van der Waals surface area contributed by atoms with E-state index in [0.29, 0.717) is 5.75 Å². The van der Waals surface area contributed by atoms with Crippen LogP contribution in [0.3, 0.4) is 0 Å². The number of hydrogen-bond donors (Lipinski definition) is 0. The number of aryl methyl sites for hydroxylation is 2. The van der Waals surface area contributed by atoms with E-state index in [1.807, 2.05) is 37.3 Å². The molecule has 1 unspecified atom stereocenters. The lowest BCUT2D eigenvalue weighted by Crippen LogP contribution is -2.00. The summed E-state index contributed by atoms with van der Waals surface area (Å²) < 4.78 is 10.7. The summed E-state index contributed by atoms with van der Waals surface area (Å²) in [6.07, 6.45) is 0. The van der Waals surface area contributed by atoms with Crippen LogP contribution in [0.2, 0.25) is 5.02 Å². The monoisotopic (exact) mass is 368 g/mol. The molecule has 1 atom stereocenters. The van der Waals surface area contributed by atoms with Gasteiger partial charge >= 0.3 is 0 Å². The number of hydrogen-bond acceptors (Lipinski definition) is 2. The molecule has 2 rings (SSSR count). The third kappa shape index (κ3) is 3.19. The molecule has 4 heteroatoms. The lowest BCUT2D eigenvalue weighted by Gasteiger charge is -2.18. The Bertz CT molecular complexity index is 655. The minimum absolute atomic E-state index is 0.00436. The summed E-state index contributed by atoms with van der Waals surface area (Å²) in [5.74, 6) is 1.44. The summed E-state index contributed by atoms with van der Waals surface area (Å²) >= 11 is 10.2. The van der Waals surface area contributed by atoms with Crippen LogP contribution in [0.4, 0.5) is 0 Å². The SMILES string of the molecule is COc1cc(C)c(C(Br)c2cccc(C)c2Cl)cc1OC. The molecular weight excluding hydrogens is 352 g/mol. The molecule has 0 aliphatic carbocycles. The number of benzene rings is 2. The van der Waals surface area contributed by atoms with Crippen LogP contribution in [-0.4, -0.2) is 14.2 Å². The smallest absolute Gasteiger partial charge is 0.161 e. The molecule has 2 aromatic carbocycles. The number of methoxy groups -OCH3 is 2. The number of rotatable bonds is 4. The van der Waals surface area contributed by atoms with Crippen LogP contribution in [0.15, 0.2) is 30.3 Å². The maximum Gasteiger partial charge on any atom is 0.161 e. The highest BCUT2D eigenvalue weighted by Gasteiger charge is 2.19. The van der Waals surface area contributed by atoms with Crippen LogP contribution in [0.25, 0.3) is 0 Å². The van der Waals surface area contributed by atoms with Gasteiger partial charge in [0, 0.05) is 5.02 Å². The predicted molar refractivity (Wildman–Crippen MR) is 91.2 cm³/mol. The molecule has 2 nitrogen and oxygen atoms in total. The van der Waals surface area contributed by atoms with Crippen molar-refractivity contribution < 1.29 is 9.47 Å². The van der Waals surface area contributed by atoms with Crippen LogP contribution in [0.1, 0.15) is 27.1 Å². The molecule has 0 amide bonds. The molecule has 21 heavy (non-hydrogen) atoms. The molecule has 0 fully saturated rings. The van der Waals surface area contributed by atoms with Gasteiger partial charge in [0.1, 0.15) is 0 Å². The molecule has 0 aromatic heterocycles. The van der Waals surface area contributed by atoms with Gasteiger partial charge in [-0.3, -0.25) is 0 Å². The van der Waals surface area contributed by atoms with Gasteiger partial charge in [0.15, 0.2) is 11.5 Å². The standard InChI is InChI=1S/C17H18BrClO2/c1-10-6-5-7-12(17(10)19)16(18)13-9-15(21-4)14(20-3)8-11(13)2/h5-9,16H,1-4H3. The normalized spacial score (nSPS) is 12.1. The van der Waals surface area contributed by atoms with Crippen molar-refractivity contribution in [2.24, 2.45) is 0 Å². The van der Waals surface area contributed by atoms with Gasteiger partial charge in [0.25, 0.3) is 0 Å². The average molecular weight is 370 g/mol. The summed E-state index contributed by atoms with van der Waals surface area (Å²) in [5, 5.41) is 0.786. The second kappa shape index (κ2) is 6.71. The largest absolute Gasteiger partial charge is 0.493 e. The van der Waals surface area contributed by atoms with Crippen molar-refractivity contribution in [3.8, 4) is 11.5 Å². The second-order valence-electron chi connectivity index (χ2n) is 4.90. The van der Waals surface area contributed by atoms with E-state index in [9.17, 15) is 0 Å². The van der Waals surface area contributed by atoms with Crippen LogP contribution in [-0.2, 0) is 0 Å². The number of alkyl halides is 1. The fourth-order valence-corrected chi connectivity index (χ4v) is 3.54. The highest BCUT2D eigenvalue weighted by molar-refractivity contribution is 9.09. The Balaban J connectivity index is 2.53. The minimum atomic E-state index is 0.00436. The highest BCUT2D eigenvalue weighted by Crippen LogP contribution is 2.41. The third-order valence-electron chi connectivity index (χ3n) is 3.54. The molecule has 0 heterocycles. The zero-order valence-corrected chi connectivity index (χ0v) is 14.9. The van der Waals surface area contributed by atoms with E-state index in [1.54, 1.807) is 14.2 Å². The topological polar surface area (TPSA) is 18.5 Å². The van der Waals surface area contributed by atoms with Crippen molar-refractivity contribution in [3.63, 3.8) is 0 Å². The number of ether oxygens (including phenoxy) is 2. The second-order valence-corrected chi connectivity index (χ2v) is 6.20. The summed E-state index contributed by atoms with van der Waals surface area (Å²) in [6.45, 7) is 4.06. The number of halogens is 2. The van der Waals surface area contributed by atoms with Gasteiger partial charge in [-0.25, -0.2) is 0 Å². The minimum Gasteiger partial charge on any atom is -0.493 e. The van der Waals surface area contributed by atoms with E-state index in [4.69, 9.17) is 21.1 Å². The molecule has 0 spiro atoms. The Labute approximate surface area is 139 Å². The molecule has 0 aliphatic rings. The Kier molecular flexibility index (Phi) is 5.17. The van der Waals surface area contributed by atoms with Crippen molar-refractivity contribution in [2.45, 2.75) is 18.7 Å². The van der Waals surface area contributed by atoms with Crippen molar-refractivity contribution in [3.05, 3.63) is 57.6 Å². The zero-order chi connectivity index (χ0) is 15.6. The van der Waals surface area contributed by atoms with Crippen LogP contribution in [0, 0.1) is 13.8 Å². The molecule has 0 N–H and O–H groups in total. The van der Waals surface area contributed by atoms with Crippen molar-refractivity contribution in [1.29, 1.82) is 0 Å². The summed E-state index contributed by atoms with van der Waals surface area (Å²) in [6, 6.07) is 10.0. The van der Waals surface area contributed by atoms with E-state index in [0.717, 1.165) is 33.0 Å². The van der Waals surface area contributed by atoms with Gasteiger partial charge in [-0.05, 0) is 48.2 Å². The predicted octanol–water partition coefficient (Wildman–Crippen LogP) is 5.46. The van der Waals surface area contributed by atoms with E-state index in [-0.39, 0.29) is 4.83 Å². The molecule has 112 valence electrons. The first kappa shape index (κ1) is 16.2. The van der Waals surface area contributed by atoms with Crippen LogP contribution in [0.5, 0.6) is 11.5 Å². The summed E-state index contributed by atoms with van der Waals surface area (Å²) in [4.78, 5) is 0.00436. The molecule has 0 aliphatic heterocycles. The zero-order valence-electron chi connectivity index (χ0n) is 12.5. The fraction of sp³-hybridized carbons (Fsp3) is 0.294. The molecule has 2 aromatic rings. The summed E-state index contributed by atoms with van der Waals surface area (Å²) in [5.41, 5.74) is 4.34. The average Bonchev–Trinajstić information content (AvgIpc) is 2.49. The molecule has 0 radical (unpaired) electrons. The first-order chi connectivity index (χ1) is 9.99. The van der Waals surface area contributed by atoms with Gasteiger partial charge in [-0.15, -0.1) is 0 Å². The Hall–Kier alpha value is -1.19. The van der Waals surface area contributed by atoms with E-state index in [1.165, 1.54) is 0 Å². The van der Waals surface area contributed by atoms with Crippen LogP contribution >= 0.6 is 27.5 Å².